The molecule has 1 unspecified atom stereocenters. The minimum Gasteiger partial charge on any atom is -0.477 e. The summed E-state index contributed by atoms with van der Waals surface area (Å²) in [5.74, 6) is 0.466. The van der Waals surface area contributed by atoms with Gasteiger partial charge in [0, 0.05) is 36.8 Å². The van der Waals surface area contributed by atoms with Crippen molar-refractivity contribution in [2.75, 3.05) is 25.4 Å². The molecule has 7 nitrogen and oxygen atoms in total. The van der Waals surface area contributed by atoms with Crippen LogP contribution < -0.4 is 4.74 Å². The van der Waals surface area contributed by atoms with Crippen LogP contribution in [0.1, 0.15) is 22.5 Å². The number of sulfone groups is 1. The maximum absolute atomic E-state index is 12.7. The predicted octanol–water partition coefficient (Wildman–Crippen LogP) is 1.69. The lowest BCUT2D eigenvalue weighted by molar-refractivity contribution is 0.0378. The number of pyridine rings is 1. The number of likely N-dealkylation sites (tertiary alicyclic amines) is 1. The number of furan rings is 1. The van der Waals surface area contributed by atoms with Gasteiger partial charge in [0.2, 0.25) is 5.88 Å². The fraction of sp³-hybridized carbons (Fsp3) is 0.444. The molecule has 0 bridgehead atoms. The highest BCUT2D eigenvalue weighted by Crippen LogP contribution is 2.45. The summed E-state index contributed by atoms with van der Waals surface area (Å²) in [4.78, 5) is 18.2. The van der Waals surface area contributed by atoms with Gasteiger partial charge in [-0.3, -0.25) is 4.79 Å². The highest BCUT2D eigenvalue weighted by atomic mass is 32.2. The average Bonchev–Trinajstić information content (AvgIpc) is 3.12. The third kappa shape index (κ3) is 2.59. The molecule has 138 valence electrons. The van der Waals surface area contributed by atoms with E-state index in [2.05, 4.69) is 4.98 Å². The third-order valence-electron chi connectivity index (χ3n) is 5.43. The van der Waals surface area contributed by atoms with E-state index in [-0.39, 0.29) is 43.0 Å². The first kappa shape index (κ1) is 17.1. The highest BCUT2D eigenvalue weighted by Gasteiger charge is 2.63. The Morgan fingerprint density at radius 3 is 2.85 bits per heavy atom. The van der Waals surface area contributed by atoms with Gasteiger partial charge in [-0.05, 0) is 25.5 Å². The van der Waals surface area contributed by atoms with Crippen molar-refractivity contribution < 1.29 is 22.4 Å². The maximum atomic E-state index is 12.7. The number of aromatic nitrogens is 1. The molecule has 2 saturated heterocycles. The van der Waals surface area contributed by atoms with E-state index in [1.807, 2.05) is 6.07 Å². The van der Waals surface area contributed by atoms with Crippen LogP contribution in [0.25, 0.3) is 0 Å². The summed E-state index contributed by atoms with van der Waals surface area (Å²) in [5.41, 5.74) is 0.750. The van der Waals surface area contributed by atoms with Gasteiger partial charge >= 0.3 is 0 Å². The Hall–Kier alpha value is -2.35. The molecule has 2 aromatic heterocycles. The van der Waals surface area contributed by atoms with E-state index in [1.165, 1.54) is 6.26 Å². The van der Waals surface area contributed by atoms with Gasteiger partial charge in [0.05, 0.1) is 18.6 Å². The van der Waals surface area contributed by atoms with Gasteiger partial charge in [-0.2, -0.15) is 0 Å². The third-order valence-corrected chi connectivity index (χ3v) is 8.03. The molecule has 4 rings (SSSR count). The van der Waals surface area contributed by atoms with E-state index in [9.17, 15) is 13.2 Å². The van der Waals surface area contributed by atoms with Gasteiger partial charge in [0.1, 0.15) is 4.75 Å². The molecule has 26 heavy (non-hydrogen) atoms. The average molecular weight is 376 g/mol. The number of hydrogen-bond donors (Lipinski definition) is 0. The molecule has 2 fully saturated rings. The zero-order valence-electron chi connectivity index (χ0n) is 14.4. The van der Waals surface area contributed by atoms with Gasteiger partial charge in [-0.1, -0.05) is 6.07 Å². The molecule has 0 saturated carbocycles. The van der Waals surface area contributed by atoms with Crippen molar-refractivity contribution in [2.45, 2.75) is 18.1 Å². The number of ether oxygens (including phenoxy) is 1. The molecule has 1 spiro atoms. The lowest BCUT2D eigenvalue weighted by atomic mass is 9.83. The summed E-state index contributed by atoms with van der Waals surface area (Å²) in [6, 6.07) is 7.07. The summed E-state index contributed by atoms with van der Waals surface area (Å²) in [6.07, 6.45) is 3.64. The minimum atomic E-state index is -3.27. The molecule has 0 N–H and O–H groups in total. The molecule has 4 heterocycles. The second-order valence-electron chi connectivity index (χ2n) is 6.94. The Kier molecular flexibility index (Phi) is 4.02. The number of carbonyl (C=O) groups is 1. The van der Waals surface area contributed by atoms with E-state index in [0.717, 1.165) is 5.56 Å². The fourth-order valence-electron chi connectivity index (χ4n) is 3.81. The lowest BCUT2D eigenvalue weighted by Gasteiger charge is -2.49. The zero-order chi connectivity index (χ0) is 18.4. The van der Waals surface area contributed by atoms with Crippen LogP contribution in [0.3, 0.4) is 0 Å². The fourth-order valence-corrected chi connectivity index (χ4v) is 6.21. The van der Waals surface area contributed by atoms with Crippen LogP contribution in [0.4, 0.5) is 0 Å². The summed E-state index contributed by atoms with van der Waals surface area (Å²) in [5, 5.41) is 0. The second kappa shape index (κ2) is 6.12. The van der Waals surface area contributed by atoms with Crippen molar-refractivity contribution in [1.29, 1.82) is 0 Å². The van der Waals surface area contributed by atoms with Crippen molar-refractivity contribution in [3.05, 3.63) is 48.0 Å². The molecular weight excluding hydrogens is 356 g/mol. The van der Waals surface area contributed by atoms with Crippen LogP contribution >= 0.6 is 0 Å². The van der Waals surface area contributed by atoms with Crippen LogP contribution in [0, 0.1) is 12.8 Å². The number of rotatable bonds is 4. The van der Waals surface area contributed by atoms with Crippen molar-refractivity contribution in [1.82, 2.24) is 9.88 Å². The van der Waals surface area contributed by atoms with E-state index in [4.69, 9.17) is 9.15 Å². The summed E-state index contributed by atoms with van der Waals surface area (Å²) < 4.78 is 35.4. The molecular formula is C18H20N2O5S. The van der Waals surface area contributed by atoms with E-state index < -0.39 is 14.6 Å². The standard InChI is InChI=1S/C18H20N2O5S/c1-13-5-8-24-16(13)17(21)20-11-18(12-20)14(6-9-26(18,22)23)10-25-15-4-2-3-7-19-15/h2-5,7-8,14H,6,9-12H2,1H3. The van der Waals surface area contributed by atoms with Gasteiger partial charge in [-0.25, -0.2) is 13.4 Å². The summed E-state index contributed by atoms with van der Waals surface area (Å²) in [7, 11) is -3.27. The molecule has 0 aromatic carbocycles. The van der Waals surface area contributed by atoms with Gasteiger partial charge in [-0.15, -0.1) is 0 Å². The quantitative estimate of drug-likeness (QED) is 0.807. The largest absolute Gasteiger partial charge is 0.477 e. The van der Waals surface area contributed by atoms with Crippen LogP contribution in [0.5, 0.6) is 5.88 Å². The van der Waals surface area contributed by atoms with Crippen molar-refractivity contribution in [2.24, 2.45) is 5.92 Å². The first-order valence-corrected chi connectivity index (χ1v) is 10.2. The van der Waals surface area contributed by atoms with Crippen molar-refractivity contribution in [3.8, 4) is 5.88 Å². The molecule has 0 radical (unpaired) electrons. The summed E-state index contributed by atoms with van der Waals surface area (Å²) in [6.45, 7) is 2.44. The minimum absolute atomic E-state index is 0.130. The number of amides is 1. The van der Waals surface area contributed by atoms with Gasteiger partial charge in [0.25, 0.3) is 5.91 Å². The Bertz CT molecular complexity index is 916. The van der Waals surface area contributed by atoms with Crippen LogP contribution in [-0.2, 0) is 9.84 Å². The van der Waals surface area contributed by atoms with E-state index >= 15 is 0 Å². The first-order valence-electron chi connectivity index (χ1n) is 8.52. The van der Waals surface area contributed by atoms with Gasteiger partial charge < -0.3 is 14.1 Å². The maximum Gasteiger partial charge on any atom is 0.289 e. The SMILES string of the molecule is Cc1ccoc1C(=O)N1CC2(C1)C(COc1ccccn1)CCS2(=O)=O. The Morgan fingerprint density at radius 2 is 2.19 bits per heavy atom. The topological polar surface area (TPSA) is 89.7 Å². The highest BCUT2D eigenvalue weighted by molar-refractivity contribution is 7.93. The molecule has 1 atom stereocenters. The molecule has 0 aliphatic carbocycles. The van der Waals surface area contributed by atoms with Crippen LogP contribution in [0.2, 0.25) is 0 Å². The number of nitrogens with zero attached hydrogens (tertiary/aromatic N) is 2. The van der Waals surface area contributed by atoms with Crippen molar-refractivity contribution >= 4 is 15.7 Å². The Balaban J connectivity index is 1.48. The molecule has 8 heteroatoms. The molecule has 2 aromatic rings. The van der Waals surface area contributed by atoms with Crippen LogP contribution in [0.15, 0.2) is 41.1 Å². The molecule has 1 amide bonds. The number of carbonyl (C=O) groups excluding carboxylic acids is 1. The zero-order valence-corrected chi connectivity index (χ0v) is 15.2. The van der Waals surface area contributed by atoms with Gasteiger partial charge in [0.15, 0.2) is 15.6 Å². The predicted molar refractivity (Wildman–Crippen MR) is 93.7 cm³/mol. The smallest absolute Gasteiger partial charge is 0.289 e. The summed E-state index contributed by atoms with van der Waals surface area (Å²) >= 11 is 0. The first-order chi connectivity index (χ1) is 12.4. The van der Waals surface area contributed by atoms with E-state index in [0.29, 0.717) is 12.3 Å². The van der Waals surface area contributed by atoms with Crippen molar-refractivity contribution in [3.63, 3.8) is 0 Å². The number of aryl methyl sites for hydroxylation is 1. The molecule has 2 aliphatic heterocycles. The Labute approximate surface area is 151 Å². The molecule has 2 aliphatic rings. The normalized spacial score (nSPS) is 23.0. The van der Waals surface area contributed by atoms with Crippen LogP contribution in [-0.4, -0.2) is 54.4 Å². The second-order valence-corrected chi connectivity index (χ2v) is 9.39. The Morgan fingerprint density at radius 1 is 1.38 bits per heavy atom. The lowest BCUT2D eigenvalue weighted by Crippen LogP contribution is -2.69. The van der Waals surface area contributed by atoms with E-state index in [1.54, 1.807) is 36.2 Å². The monoisotopic (exact) mass is 376 g/mol. The number of hydrogen-bond acceptors (Lipinski definition) is 6.